The Balaban J connectivity index is 1.20. The highest BCUT2D eigenvalue weighted by Gasteiger charge is 2.42. The van der Waals surface area contributed by atoms with E-state index < -0.39 is 8.07 Å². The van der Waals surface area contributed by atoms with Crippen LogP contribution in [0.4, 0.5) is 8.78 Å². The fourth-order valence-electron chi connectivity index (χ4n) is 8.41. The number of rotatable bonds is 10. The highest BCUT2D eigenvalue weighted by molar-refractivity contribution is 7.20. The van der Waals surface area contributed by atoms with Gasteiger partial charge in [0.15, 0.2) is 19.7 Å². The van der Waals surface area contributed by atoms with E-state index in [0.29, 0.717) is 34.2 Å². The van der Waals surface area contributed by atoms with Crippen LogP contribution < -0.4 is 20.7 Å². The van der Waals surface area contributed by atoms with Crippen molar-refractivity contribution in [2.24, 2.45) is 0 Å². The molecule has 0 atom stereocenters. The second kappa shape index (κ2) is 17.2. The van der Waals surface area contributed by atoms with Crippen molar-refractivity contribution in [2.45, 2.75) is 0 Å². The third-order valence-electron chi connectivity index (χ3n) is 11.4. The van der Waals surface area contributed by atoms with Gasteiger partial charge in [-0.1, -0.05) is 194 Å². The summed E-state index contributed by atoms with van der Waals surface area (Å²) < 4.78 is 29.3. The fraction of sp³-hybridized carbons (Fsp3) is 0. The molecule has 0 bridgehead atoms. The summed E-state index contributed by atoms with van der Waals surface area (Å²) in [6.45, 7) is 0. The Bertz CT molecular complexity index is 2980. The van der Waals surface area contributed by atoms with Crippen molar-refractivity contribution >= 4 is 28.8 Å². The van der Waals surface area contributed by atoms with Crippen LogP contribution in [0.1, 0.15) is 0 Å². The first kappa shape index (κ1) is 39.2. The van der Waals surface area contributed by atoms with E-state index >= 15 is 0 Å². The molecule has 0 unspecified atom stereocenters. The Morgan fingerprint density at radius 2 is 0.540 bits per heavy atom. The highest BCUT2D eigenvalue weighted by Crippen LogP contribution is 2.30. The van der Waals surface area contributed by atoms with Gasteiger partial charge in [0.1, 0.15) is 11.6 Å². The van der Waals surface area contributed by atoms with Crippen LogP contribution in [0.15, 0.2) is 231 Å². The van der Waals surface area contributed by atoms with Crippen molar-refractivity contribution in [3.63, 3.8) is 0 Å². The summed E-state index contributed by atoms with van der Waals surface area (Å²) >= 11 is 0. The van der Waals surface area contributed by atoms with Crippen LogP contribution in [0.5, 0.6) is 0 Å². The van der Waals surface area contributed by atoms with E-state index in [2.05, 4.69) is 109 Å². The van der Waals surface area contributed by atoms with E-state index in [-0.39, 0.29) is 11.6 Å². The largest absolute Gasteiger partial charge is 0.228 e. The minimum absolute atomic E-state index is 0.330. The monoisotopic (exact) mass is 832 g/mol. The molecular weight excluding hydrogens is 795 g/mol. The standard InChI is InChI=1S/C56H38F2N4Si/c57-45-25-13-21-41(33-45)51-37-53(61-55(59-51)39-17-5-1-6-18-39)43-23-15-31-49(35-43)63(47-27-9-3-10-28-47,48-29-11-4-12-30-48)50-32-16-24-44(36-50)54-38-52(42-22-14-26-46(58)34-42)60-56(62-54)40-19-7-2-8-20-40/h1-38H. The first-order valence-electron chi connectivity index (χ1n) is 20.7. The van der Waals surface area contributed by atoms with Crippen LogP contribution in [0.25, 0.3) is 67.8 Å². The molecule has 0 N–H and O–H groups in total. The average Bonchev–Trinajstić information content (AvgIpc) is 3.35. The minimum Gasteiger partial charge on any atom is -0.228 e. The molecule has 2 heterocycles. The van der Waals surface area contributed by atoms with Crippen molar-refractivity contribution in [3.05, 3.63) is 242 Å². The summed E-state index contributed by atoms with van der Waals surface area (Å²) in [5.74, 6) is 0.445. The molecule has 0 radical (unpaired) electrons. The summed E-state index contributed by atoms with van der Waals surface area (Å²) in [6.07, 6.45) is 0. The molecule has 10 aromatic rings. The van der Waals surface area contributed by atoms with Gasteiger partial charge in [0.2, 0.25) is 0 Å². The van der Waals surface area contributed by atoms with Gasteiger partial charge < -0.3 is 0 Å². The van der Waals surface area contributed by atoms with Gasteiger partial charge in [-0.05, 0) is 57.1 Å². The smallest absolute Gasteiger partial charge is 0.179 e. The quantitative estimate of drug-likeness (QED) is 0.102. The van der Waals surface area contributed by atoms with Gasteiger partial charge in [-0.2, -0.15) is 0 Å². The maximum atomic E-state index is 14.7. The lowest BCUT2D eigenvalue weighted by molar-refractivity contribution is 0.628. The summed E-state index contributed by atoms with van der Waals surface area (Å²) in [5, 5.41) is 4.70. The van der Waals surface area contributed by atoms with Gasteiger partial charge in [-0.3, -0.25) is 0 Å². The van der Waals surface area contributed by atoms with E-state index in [1.54, 1.807) is 12.1 Å². The molecular formula is C56H38F2N4Si. The van der Waals surface area contributed by atoms with Gasteiger partial charge in [0.05, 0.1) is 22.8 Å². The second-order valence-corrected chi connectivity index (χ2v) is 19.1. The topological polar surface area (TPSA) is 51.6 Å². The molecule has 63 heavy (non-hydrogen) atoms. The van der Waals surface area contributed by atoms with Crippen LogP contribution in [-0.4, -0.2) is 28.0 Å². The lowest BCUT2D eigenvalue weighted by atomic mass is 10.1. The van der Waals surface area contributed by atoms with E-state index in [4.69, 9.17) is 19.9 Å². The lowest BCUT2D eigenvalue weighted by Gasteiger charge is -2.35. The maximum Gasteiger partial charge on any atom is 0.179 e. The fourth-order valence-corrected chi connectivity index (χ4v) is 13.2. The Kier molecular flexibility index (Phi) is 10.7. The van der Waals surface area contributed by atoms with Gasteiger partial charge in [-0.25, -0.2) is 28.7 Å². The highest BCUT2D eigenvalue weighted by atomic mass is 28.3. The summed E-state index contributed by atoms with van der Waals surface area (Å²) in [4.78, 5) is 20.2. The Hall–Kier alpha value is -8.00. The normalized spacial score (nSPS) is 11.3. The molecule has 300 valence electrons. The van der Waals surface area contributed by atoms with Crippen LogP contribution in [0.3, 0.4) is 0 Å². The van der Waals surface area contributed by atoms with Crippen molar-refractivity contribution in [3.8, 4) is 67.8 Å². The predicted molar refractivity (Wildman–Crippen MR) is 254 cm³/mol. The Morgan fingerprint density at radius 3 is 0.889 bits per heavy atom. The van der Waals surface area contributed by atoms with Crippen molar-refractivity contribution in [1.82, 2.24) is 19.9 Å². The molecule has 8 aromatic carbocycles. The summed E-state index contributed by atoms with van der Waals surface area (Å²) in [7, 11) is -3.14. The van der Waals surface area contributed by atoms with Crippen LogP contribution in [0, 0.1) is 11.6 Å². The number of halogens is 2. The number of aromatic nitrogens is 4. The number of nitrogens with zero attached hydrogens (tertiary/aromatic N) is 4. The molecule has 0 amide bonds. The zero-order valence-electron chi connectivity index (χ0n) is 34.0. The molecule has 0 saturated heterocycles. The molecule has 0 spiro atoms. The molecule has 2 aromatic heterocycles. The van der Waals surface area contributed by atoms with Gasteiger partial charge in [0.25, 0.3) is 0 Å². The maximum absolute atomic E-state index is 14.7. The number of benzene rings is 8. The van der Waals surface area contributed by atoms with Gasteiger partial charge in [0, 0.05) is 33.4 Å². The van der Waals surface area contributed by atoms with Crippen molar-refractivity contribution in [2.75, 3.05) is 0 Å². The Morgan fingerprint density at radius 1 is 0.254 bits per heavy atom. The van der Waals surface area contributed by atoms with E-state index in [9.17, 15) is 8.78 Å². The predicted octanol–water partition coefficient (Wildman–Crippen LogP) is 10.9. The molecule has 0 saturated carbocycles. The molecule has 0 aliphatic carbocycles. The number of hydrogen-bond acceptors (Lipinski definition) is 4. The SMILES string of the molecule is Fc1cccc(-c2cc(-c3cccc([Si](c4ccccc4)(c4ccccc4)c4cccc(-c5cc(-c6cccc(F)c6)nc(-c6ccccc6)n5)c4)c3)nc(-c3ccccc3)n2)c1. The first-order valence-corrected chi connectivity index (χ1v) is 22.7. The van der Waals surface area contributed by atoms with Gasteiger partial charge >= 0.3 is 0 Å². The molecule has 0 aliphatic heterocycles. The van der Waals surface area contributed by atoms with Crippen LogP contribution in [0.2, 0.25) is 0 Å². The average molecular weight is 833 g/mol. The second-order valence-electron chi connectivity index (χ2n) is 15.3. The summed E-state index contributed by atoms with van der Waals surface area (Å²) in [5.41, 5.74) is 7.59. The van der Waals surface area contributed by atoms with Crippen LogP contribution >= 0.6 is 0 Å². The van der Waals surface area contributed by atoms with E-state index in [1.807, 2.05) is 84.9 Å². The summed E-state index contributed by atoms with van der Waals surface area (Å²) in [6, 6.07) is 75.6. The number of hydrogen-bond donors (Lipinski definition) is 0. The molecule has 10 rings (SSSR count). The molecule has 4 nitrogen and oxygen atoms in total. The van der Waals surface area contributed by atoms with Crippen molar-refractivity contribution < 1.29 is 8.78 Å². The van der Waals surface area contributed by atoms with Crippen LogP contribution in [-0.2, 0) is 0 Å². The third kappa shape index (κ3) is 7.89. The molecule has 7 heteroatoms. The van der Waals surface area contributed by atoms with Crippen molar-refractivity contribution in [1.29, 1.82) is 0 Å². The van der Waals surface area contributed by atoms with Gasteiger partial charge in [-0.15, -0.1) is 0 Å². The lowest BCUT2D eigenvalue weighted by Crippen LogP contribution is -2.74. The third-order valence-corrected chi connectivity index (χ3v) is 16.1. The van der Waals surface area contributed by atoms with E-state index in [0.717, 1.165) is 44.0 Å². The zero-order valence-corrected chi connectivity index (χ0v) is 35.0. The molecule has 0 aliphatic rings. The Labute approximate surface area is 366 Å². The first-order chi connectivity index (χ1) is 31.0. The minimum atomic E-state index is -3.14. The van der Waals surface area contributed by atoms with E-state index in [1.165, 1.54) is 34.6 Å². The zero-order chi connectivity index (χ0) is 42.6. The molecule has 0 fully saturated rings.